The van der Waals surface area contributed by atoms with Crippen molar-refractivity contribution in [2.45, 2.75) is 116 Å². The number of carbonyl (C=O) groups excluding carboxylic acids is 2. The molecule has 166 valence electrons. The molecular weight excluding hydrogens is 352 g/mol. The third-order valence-corrected chi connectivity index (χ3v) is 5.15. The van der Waals surface area contributed by atoms with Crippen molar-refractivity contribution < 1.29 is 14.3 Å². The molecule has 0 heterocycles. The van der Waals surface area contributed by atoms with Gasteiger partial charge in [0.1, 0.15) is 0 Å². The first-order valence-electron chi connectivity index (χ1n) is 11.8. The van der Waals surface area contributed by atoms with E-state index in [2.05, 4.69) is 17.6 Å². The summed E-state index contributed by atoms with van der Waals surface area (Å²) in [5, 5.41) is 4.86. The maximum absolute atomic E-state index is 11.3. The Kier molecular flexibility index (Phi) is 21.0. The highest BCUT2D eigenvalue weighted by Crippen LogP contribution is 2.14. The molecule has 0 aliphatic carbocycles. The minimum Gasteiger partial charge on any atom is -0.450 e. The Balaban J connectivity index is 3.12. The highest BCUT2D eigenvalue weighted by molar-refractivity contribution is 5.81. The first-order valence-corrected chi connectivity index (χ1v) is 11.8. The molecule has 28 heavy (non-hydrogen) atoms. The van der Waals surface area contributed by atoms with Gasteiger partial charge in [0, 0.05) is 7.05 Å². The summed E-state index contributed by atoms with van der Waals surface area (Å²) in [7, 11) is 1.53. The number of hydrogen-bond acceptors (Lipinski definition) is 3. The summed E-state index contributed by atoms with van der Waals surface area (Å²) in [5.41, 5.74) is 0. The highest BCUT2D eigenvalue weighted by atomic mass is 16.5. The molecule has 0 aromatic carbocycles. The number of amides is 2. The topological polar surface area (TPSA) is 67.4 Å². The molecule has 0 spiro atoms. The number of carbonyl (C=O) groups is 2. The van der Waals surface area contributed by atoms with Crippen LogP contribution in [-0.4, -0.2) is 32.2 Å². The lowest BCUT2D eigenvalue weighted by Crippen LogP contribution is -2.35. The van der Waals surface area contributed by atoms with Crippen LogP contribution in [-0.2, 0) is 9.53 Å². The predicted octanol–water partition coefficient (Wildman–Crippen LogP) is 6.11. The Labute approximate surface area is 173 Å². The molecule has 0 radical (unpaired) electrons. The fourth-order valence-electron chi connectivity index (χ4n) is 3.28. The lowest BCUT2D eigenvalue weighted by molar-refractivity contribution is -0.119. The van der Waals surface area contributed by atoms with Crippen molar-refractivity contribution in [2.24, 2.45) is 0 Å². The second kappa shape index (κ2) is 22.0. The molecule has 0 rings (SSSR count). The molecule has 0 aliphatic rings. The SMILES string of the molecule is CCCCCCCCCCCCCCCCCCCOC(=O)NCC(=O)NC. The van der Waals surface area contributed by atoms with E-state index in [1.54, 1.807) is 0 Å². The summed E-state index contributed by atoms with van der Waals surface area (Å²) in [6, 6.07) is 0. The third-order valence-electron chi connectivity index (χ3n) is 5.15. The van der Waals surface area contributed by atoms with Crippen LogP contribution in [0.15, 0.2) is 0 Å². The Hall–Kier alpha value is -1.26. The minimum atomic E-state index is -0.514. The zero-order chi connectivity index (χ0) is 20.7. The van der Waals surface area contributed by atoms with E-state index in [0.717, 1.165) is 12.8 Å². The summed E-state index contributed by atoms with van der Waals surface area (Å²) < 4.78 is 5.03. The van der Waals surface area contributed by atoms with Gasteiger partial charge in [0.15, 0.2) is 0 Å². The number of likely N-dealkylation sites (N-methyl/N-ethyl adjacent to an activating group) is 1. The van der Waals surface area contributed by atoms with Gasteiger partial charge in [-0.05, 0) is 6.42 Å². The Bertz CT molecular complexity index is 362. The van der Waals surface area contributed by atoms with Crippen LogP contribution in [0.25, 0.3) is 0 Å². The number of unbranched alkanes of at least 4 members (excludes halogenated alkanes) is 16. The Morgan fingerprint density at radius 1 is 0.643 bits per heavy atom. The fraction of sp³-hybridized carbons (Fsp3) is 0.913. The van der Waals surface area contributed by atoms with E-state index >= 15 is 0 Å². The molecule has 0 aliphatic heterocycles. The van der Waals surface area contributed by atoms with E-state index in [1.165, 1.54) is 103 Å². The van der Waals surface area contributed by atoms with Gasteiger partial charge in [-0.3, -0.25) is 4.79 Å². The molecule has 0 bridgehead atoms. The van der Waals surface area contributed by atoms with Gasteiger partial charge < -0.3 is 15.4 Å². The monoisotopic (exact) mass is 398 g/mol. The van der Waals surface area contributed by atoms with E-state index in [-0.39, 0.29) is 12.5 Å². The summed E-state index contributed by atoms with van der Waals surface area (Å²) in [6.45, 7) is 2.67. The van der Waals surface area contributed by atoms with Crippen LogP contribution >= 0.6 is 0 Å². The molecule has 5 heteroatoms. The van der Waals surface area contributed by atoms with Crippen molar-refractivity contribution in [3.8, 4) is 0 Å². The lowest BCUT2D eigenvalue weighted by atomic mass is 10.0. The van der Waals surface area contributed by atoms with Gasteiger partial charge in [-0.25, -0.2) is 4.79 Å². The van der Waals surface area contributed by atoms with Crippen molar-refractivity contribution in [2.75, 3.05) is 20.2 Å². The van der Waals surface area contributed by atoms with E-state index in [9.17, 15) is 9.59 Å². The number of ether oxygens (including phenoxy) is 1. The van der Waals surface area contributed by atoms with Crippen molar-refractivity contribution in [3.05, 3.63) is 0 Å². The van der Waals surface area contributed by atoms with Gasteiger partial charge in [-0.2, -0.15) is 0 Å². The van der Waals surface area contributed by atoms with E-state index in [1.807, 2.05) is 0 Å². The van der Waals surface area contributed by atoms with Gasteiger partial charge >= 0.3 is 6.09 Å². The fourth-order valence-corrected chi connectivity index (χ4v) is 3.28. The Morgan fingerprint density at radius 2 is 1.04 bits per heavy atom. The highest BCUT2D eigenvalue weighted by Gasteiger charge is 2.04. The molecular formula is C23H46N2O3. The van der Waals surface area contributed by atoms with Crippen molar-refractivity contribution in [1.82, 2.24) is 10.6 Å². The summed E-state index contributed by atoms with van der Waals surface area (Å²) >= 11 is 0. The first-order chi connectivity index (χ1) is 13.7. The van der Waals surface area contributed by atoms with Crippen LogP contribution in [0.2, 0.25) is 0 Å². The molecule has 0 atom stereocenters. The maximum Gasteiger partial charge on any atom is 0.407 e. The normalized spacial score (nSPS) is 10.6. The Morgan fingerprint density at radius 3 is 1.43 bits per heavy atom. The second-order valence-electron chi connectivity index (χ2n) is 7.82. The van der Waals surface area contributed by atoms with E-state index in [4.69, 9.17) is 4.74 Å². The quantitative estimate of drug-likeness (QED) is 0.243. The van der Waals surface area contributed by atoms with Crippen LogP contribution < -0.4 is 10.6 Å². The largest absolute Gasteiger partial charge is 0.450 e. The molecule has 2 N–H and O–H groups in total. The van der Waals surface area contributed by atoms with Gasteiger partial charge in [0.25, 0.3) is 0 Å². The van der Waals surface area contributed by atoms with E-state index in [0.29, 0.717) is 6.61 Å². The first kappa shape index (κ1) is 26.7. The minimum absolute atomic E-state index is 0.0334. The molecule has 2 amide bonds. The second-order valence-corrected chi connectivity index (χ2v) is 7.82. The zero-order valence-corrected chi connectivity index (χ0v) is 18.7. The number of hydrogen-bond donors (Lipinski definition) is 2. The molecule has 0 unspecified atom stereocenters. The van der Waals surface area contributed by atoms with Gasteiger partial charge in [0.05, 0.1) is 13.2 Å². The zero-order valence-electron chi connectivity index (χ0n) is 18.7. The van der Waals surface area contributed by atoms with Crippen LogP contribution in [0.1, 0.15) is 116 Å². The number of alkyl carbamates (subject to hydrolysis) is 1. The van der Waals surface area contributed by atoms with Gasteiger partial charge in [-0.1, -0.05) is 110 Å². The number of rotatable bonds is 20. The average Bonchev–Trinajstić information content (AvgIpc) is 2.71. The van der Waals surface area contributed by atoms with Gasteiger partial charge in [0.2, 0.25) is 5.91 Å². The summed E-state index contributed by atoms with van der Waals surface area (Å²) in [6.07, 6.45) is 22.2. The smallest absolute Gasteiger partial charge is 0.407 e. The van der Waals surface area contributed by atoms with Crippen LogP contribution in [0, 0.1) is 0 Å². The predicted molar refractivity (Wildman–Crippen MR) is 118 cm³/mol. The van der Waals surface area contributed by atoms with Crippen molar-refractivity contribution >= 4 is 12.0 Å². The standard InChI is InChI=1S/C23H46N2O3/c1-3-4-5-6-7-8-9-10-11-12-13-14-15-16-17-18-19-20-28-23(27)25-21-22(26)24-2/h3-21H2,1-2H3,(H,24,26)(H,25,27). The summed E-state index contributed by atoms with van der Waals surface area (Å²) in [4.78, 5) is 22.3. The number of nitrogens with one attached hydrogen (secondary N) is 2. The molecule has 5 nitrogen and oxygen atoms in total. The average molecular weight is 399 g/mol. The van der Waals surface area contributed by atoms with Gasteiger partial charge in [-0.15, -0.1) is 0 Å². The molecule has 0 saturated carbocycles. The van der Waals surface area contributed by atoms with Crippen LogP contribution in [0.3, 0.4) is 0 Å². The third kappa shape index (κ3) is 21.0. The van der Waals surface area contributed by atoms with Crippen molar-refractivity contribution in [3.63, 3.8) is 0 Å². The molecule has 0 aromatic heterocycles. The molecule has 0 saturated heterocycles. The lowest BCUT2D eigenvalue weighted by Gasteiger charge is -2.06. The van der Waals surface area contributed by atoms with E-state index < -0.39 is 6.09 Å². The summed E-state index contributed by atoms with van der Waals surface area (Å²) in [5.74, 6) is -0.227. The maximum atomic E-state index is 11.3. The molecule has 0 aromatic rings. The van der Waals surface area contributed by atoms with Crippen LogP contribution in [0.5, 0.6) is 0 Å². The molecule has 0 fully saturated rings. The van der Waals surface area contributed by atoms with Crippen molar-refractivity contribution in [1.29, 1.82) is 0 Å². The van der Waals surface area contributed by atoms with Crippen LogP contribution in [0.4, 0.5) is 4.79 Å².